The van der Waals surface area contributed by atoms with E-state index in [2.05, 4.69) is 30.6 Å². The van der Waals surface area contributed by atoms with Crippen molar-refractivity contribution in [2.45, 2.75) is 25.2 Å². The van der Waals surface area contributed by atoms with E-state index < -0.39 is 0 Å². The maximum Gasteiger partial charge on any atom is 0.323 e. The summed E-state index contributed by atoms with van der Waals surface area (Å²) in [7, 11) is 0. The number of nitrogens with zero attached hydrogens (tertiary/aromatic N) is 2. The van der Waals surface area contributed by atoms with E-state index in [0.717, 1.165) is 35.5 Å². The van der Waals surface area contributed by atoms with Crippen LogP contribution < -0.4 is 22.1 Å². The summed E-state index contributed by atoms with van der Waals surface area (Å²) in [6.45, 7) is 1.44. The highest BCUT2D eigenvalue weighted by Gasteiger charge is 2.27. The van der Waals surface area contributed by atoms with Gasteiger partial charge in [-0.3, -0.25) is 0 Å². The molecule has 0 spiro atoms. The number of imidazole rings is 1. The summed E-state index contributed by atoms with van der Waals surface area (Å²) in [6.07, 6.45) is 5.18. The molecule has 2 aromatic heterocycles. The van der Waals surface area contributed by atoms with Crippen LogP contribution in [-0.4, -0.2) is 33.0 Å². The Morgan fingerprint density at radius 3 is 2.88 bits per heavy atom. The smallest absolute Gasteiger partial charge is 0.323 e. The number of fused-ring (bicyclic) bond motifs is 1. The van der Waals surface area contributed by atoms with Gasteiger partial charge in [0, 0.05) is 24.0 Å². The van der Waals surface area contributed by atoms with Crippen LogP contribution in [0.5, 0.6) is 0 Å². The molecule has 1 fully saturated rings. The average molecular weight is 339 g/mol. The van der Waals surface area contributed by atoms with Crippen molar-refractivity contribution in [1.29, 1.82) is 0 Å². The van der Waals surface area contributed by atoms with Crippen LogP contribution in [-0.2, 0) is 0 Å². The maximum atomic E-state index is 11.4. The number of nitrogens with two attached hydrogens (primary N) is 1. The number of aromatic nitrogens is 4. The molecule has 0 radical (unpaired) electrons. The zero-order valence-corrected chi connectivity index (χ0v) is 13.8. The molecule has 130 valence electrons. The van der Waals surface area contributed by atoms with E-state index in [0.29, 0.717) is 18.4 Å². The number of rotatable bonds is 7. The Morgan fingerprint density at radius 1 is 1.24 bits per heavy atom. The zero-order valence-electron chi connectivity index (χ0n) is 13.8. The van der Waals surface area contributed by atoms with Crippen LogP contribution >= 0.6 is 0 Å². The van der Waals surface area contributed by atoms with Crippen molar-refractivity contribution in [3.63, 3.8) is 0 Å². The Kier molecular flexibility index (Phi) is 4.10. The van der Waals surface area contributed by atoms with Gasteiger partial charge in [-0.05, 0) is 49.9 Å². The second kappa shape index (κ2) is 6.56. The van der Waals surface area contributed by atoms with Crippen molar-refractivity contribution >= 4 is 28.5 Å². The van der Waals surface area contributed by atoms with Crippen LogP contribution in [0.15, 0.2) is 29.2 Å². The van der Waals surface area contributed by atoms with Crippen molar-refractivity contribution in [2.75, 3.05) is 23.7 Å². The van der Waals surface area contributed by atoms with Gasteiger partial charge in [-0.1, -0.05) is 0 Å². The Hall–Kier alpha value is -2.87. The molecule has 8 heteroatoms. The SMILES string of the molecule is NCCCNc1nc(Nc2ccc3[nH]c(=O)[nH]c3c2)ncc1C1CC1. The summed E-state index contributed by atoms with van der Waals surface area (Å²) in [5.41, 5.74) is 8.85. The van der Waals surface area contributed by atoms with E-state index in [1.807, 2.05) is 24.4 Å². The van der Waals surface area contributed by atoms with E-state index >= 15 is 0 Å². The number of H-pyrrole nitrogens is 2. The number of anilines is 3. The second-order valence-electron chi connectivity index (χ2n) is 6.31. The predicted molar refractivity (Wildman–Crippen MR) is 98.4 cm³/mol. The van der Waals surface area contributed by atoms with Crippen molar-refractivity contribution < 1.29 is 0 Å². The standard InChI is InChI=1S/C17H21N7O/c18-6-1-7-19-15-12(10-2-3-10)9-20-16(24-15)21-11-4-5-13-14(8-11)23-17(25)22-13/h4-5,8-10H,1-3,6-7,18H2,(H2,22,23,25)(H2,19,20,21,24). The molecule has 0 saturated heterocycles. The molecule has 0 amide bonds. The molecule has 8 nitrogen and oxygen atoms in total. The molecular weight excluding hydrogens is 318 g/mol. The fourth-order valence-corrected chi connectivity index (χ4v) is 2.83. The van der Waals surface area contributed by atoms with Crippen LogP contribution in [0.4, 0.5) is 17.5 Å². The Balaban J connectivity index is 1.57. The van der Waals surface area contributed by atoms with Crippen molar-refractivity contribution in [1.82, 2.24) is 19.9 Å². The van der Waals surface area contributed by atoms with Gasteiger partial charge in [-0.25, -0.2) is 9.78 Å². The van der Waals surface area contributed by atoms with Crippen LogP contribution in [0.1, 0.15) is 30.7 Å². The molecule has 0 bridgehead atoms. The van der Waals surface area contributed by atoms with Gasteiger partial charge in [0.05, 0.1) is 11.0 Å². The molecule has 4 rings (SSSR count). The lowest BCUT2D eigenvalue weighted by Gasteiger charge is -2.12. The molecule has 1 aliphatic carbocycles. The minimum absolute atomic E-state index is 0.219. The molecule has 0 atom stereocenters. The van der Waals surface area contributed by atoms with Gasteiger partial charge >= 0.3 is 5.69 Å². The normalized spacial score (nSPS) is 14.0. The van der Waals surface area contributed by atoms with Crippen molar-refractivity contribution in [3.05, 3.63) is 40.4 Å². The lowest BCUT2D eigenvalue weighted by atomic mass is 10.2. The van der Waals surface area contributed by atoms with E-state index in [4.69, 9.17) is 5.73 Å². The largest absolute Gasteiger partial charge is 0.370 e. The molecule has 3 aromatic rings. The molecule has 2 heterocycles. The third-order valence-corrected chi connectivity index (χ3v) is 4.28. The van der Waals surface area contributed by atoms with Gasteiger partial charge in [0.2, 0.25) is 5.95 Å². The van der Waals surface area contributed by atoms with Gasteiger partial charge in [-0.2, -0.15) is 4.98 Å². The second-order valence-corrected chi connectivity index (χ2v) is 6.31. The minimum atomic E-state index is -0.219. The first kappa shape index (κ1) is 15.6. The summed E-state index contributed by atoms with van der Waals surface area (Å²) in [6, 6.07) is 5.58. The zero-order chi connectivity index (χ0) is 17.2. The third kappa shape index (κ3) is 3.48. The summed E-state index contributed by atoms with van der Waals surface area (Å²) < 4.78 is 0. The van der Waals surface area contributed by atoms with Crippen molar-refractivity contribution in [3.8, 4) is 0 Å². The first-order chi connectivity index (χ1) is 12.2. The van der Waals surface area contributed by atoms with E-state index in [9.17, 15) is 4.79 Å². The monoisotopic (exact) mass is 339 g/mol. The van der Waals surface area contributed by atoms with Crippen molar-refractivity contribution in [2.24, 2.45) is 5.73 Å². The van der Waals surface area contributed by atoms with Gasteiger partial charge in [-0.15, -0.1) is 0 Å². The Morgan fingerprint density at radius 2 is 2.08 bits per heavy atom. The Labute approximate surface area is 144 Å². The number of nitrogens with one attached hydrogen (secondary N) is 4. The molecule has 1 aliphatic rings. The number of benzene rings is 1. The molecule has 0 aliphatic heterocycles. The summed E-state index contributed by atoms with van der Waals surface area (Å²) >= 11 is 0. The first-order valence-corrected chi connectivity index (χ1v) is 8.53. The van der Waals surface area contributed by atoms with Crippen LogP contribution in [0.25, 0.3) is 11.0 Å². The predicted octanol–water partition coefficient (Wildman–Crippen LogP) is 2.03. The van der Waals surface area contributed by atoms with E-state index in [1.165, 1.54) is 18.4 Å². The highest BCUT2D eigenvalue weighted by atomic mass is 16.1. The molecule has 6 N–H and O–H groups in total. The summed E-state index contributed by atoms with van der Waals surface area (Å²) in [5.74, 6) is 1.97. The fourth-order valence-electron chi connectivity index (χ4n) is 2.83. The highest BCUT2D eigenvalue weighted by Crippen LogP contribution is 2.42. The quantitative estimate of drug-likeness (QED) is 0.420. The maximum absolute atomic E-state index is 11.4. The molecule has 25 heavy (non-hydrogen) atoms. The molecular formula is C17H21N7O. The first-order valence-electron chi connectivity index (χ1n) is 8.53. The Bertz CT molecular complexity index is 942. The van der Waals surface area contributed by atoms with E-state index in [1.54, 1.807) is 0 Å². The lowest BCUT2D eigenvalue weighted by Crippen LogP contribution is -2.12. The molecule has 1 saturated carbocycles. The van der Waals surface area contributed by atoms with Crippen LogP contribution in [0, 0.1) is 0 Å². The lowest BCUT2D eigenvalue weighted by molar-refractivity contribution is 0.865. The third-order valence-electron chi connectivity index (χ3n) is 4.28. The fraction of sp³-hybridized carbons (Fsp3) is 0.353. The number of hydrogen-bond acceptors (Lipinski definition) is 6. The molecule has 0 unspecified atom stereocenters. The van der Waals surface area contributed by atoms with Gasteiger partial charge < -0.3 is 26.3 Å². The van der Waals surface area contributed by atoms with Gasteiger partial charge in [0.1, 0.15) is 5.82 Å². The molecule has 1 aromatic carbocycles. The average Bonchev–Trinajstić information content (AvgIpc) is 3.36. The summed E-state index contributed by atoms with van der Waals surface area (Å²) in [5, 5.41) is 6.57. The number of aromatic amines is 2. The summed E-state index contributed by atoms with van der Waals surface area (Å²) in [4.78, 5) is 25.9. The minimum Gasteiger partial charge on any atom is -0.370 e. The van der Waals surface area contributed by atoms with Gasteiger partial charge in [0.15, 0.2) is 0 Å². The van der Waals surface area contributed by atoms with Gasteiger partial charge in [0.25, 0.3) is 0 Å². The highest BCUT2D eigenvalue weighted by molar-refractivity contribution is 5.79. The van der Waals surface area contributed by atoms with Crippen LogP contribution in [0.3, 0.4) is 0 Å². The topological polar surface area (TPSA) is 125 Å². The van der Waals surface area contributed by atoms with Crippen LogP contribution in [0.2, 0.25) is 0 Å². The number of hydrogen-bond donors (Lipinski definition) is 5. The van der Waals surface area contributed by atoms with E-state index in [-0.39, 0.29) is 5.69 Å².